The van der Waals surface area contributed by atoms with E-state index in [4.69, 9.17) is 0 Å². The third kappa shape index (κ3) is 2.44. The molecule has 0 heterocycles. The molecule has 1 aromatic rings. The third-order valence-corrected chi connectivity index (χ3v) is 3.01. The minimum atomic E-state index is 1.05. The second kappa shape index (κ2) is 5.16. The van der Waals surface area contributed by atoms with E-state index in [2.05, 4.69) is 53.0 Å². The van der Waals surface area contributed by atoms with Crippen molar-refractivity contribution >= 4 is 11.1 Å². The van der Waals surface area contributed by atoms with Crippen LogP contribution in [-0.2, 0) is 12.8 Å². The number of benzene rings is 1. The van der Waals surface area contributed by atoms with Crippen LogP contribution in [0.15, 0.2) is 25.3 Å². The van der Waals surface area contributed by atoms with Gasteiger partial charge in [0.15, 0.2) is 0 Å². The lowest BCUT2D eigenvalue weighted by atomic mass is 9.90. The van der Waals surface area contributed by atoms with Crippen LogP contribution in [0, 0.1) is 0 Å². The highest BCUT2D eigenvalue weighted by Crippen LogP contribution is 2.27. The summed E-state index contributed by atoms with van der Waals surface area (Å²) in [4.78, 5) is 0. The molecular weight excluding hydrogens is 192 g/mol. The molecule has 0 heteroatoms. The first kappa shape index (κ1) is 12.8. The minimum Gasteiger partial charge on any atom is -0.0955 e. The van der Waals surface area contributed by atoms with Crippen molar-refractivity contribution in [1.29, 1.82) is 0 Å². The van der Waals surface area contributed by atoms with Gasteiger partial charge in [0, 0.05) is 0 Å². The maximum Gasteiger partial charge on any atom is -0.0198 e. The van der Waals surface area contributed by atoms with Crippen molar-refractivity contribution < 1.29 is 0 Å². The standard InChI is InChI=1S/C16H22/c1-7-13-9-16(12(5)6)14(8-2)10-15(13)11(3)4/h9-10H,3,5,7-8H2,1-2,4,6H3. The zero-order chi connectivity index (χ0) is 12.3. The Hall–Kier alpha value is -1.30. The number of aryl methyl sites for hydroxylation is 2. The molecule has 0 atom stereocenters. The fourth-order valence-corrected chi connectivity index (χ4v) is 2.07. The van der Waals surface area contributed by atoms with E-state index in [1.165, 1.54) is 22.3 Å². The predicted octanol–water partition coefficient (Wildman–Crippen LogP) is 4.88. The molecule has 0 aromatic heterocycles. The van der Waals surface area contributed by atoms with E-state index < -0.39 is 0 Å². The molecule has 0 N–H and O–H groups in total. The molecule has 0 aliphatic carbocycles. The summed E-state index contributed by atoms with van der Waals surface area (Å²) in [6, 6.07) is 4.57. The van der Waals surface area contributed by atoms with Crippen LogP contribution in [0.3, 0.4) is 0 Å². The summed E-state index contributed by atoms with van der Waals surface area (Å²) in [7, 11) is 0. The molecule has 0 unspecified atom stereocenters. The smallest absolute Gasteiger partial charge is 0.0198 e. The predicted molar refractivity (Wildman–Crippen MR) is 74.6 cm³/mol. The molecule has 0 nitrogen and oxygen atoms in total. The summed E-state index contributed by atoms with van der Waals surface area (Å²) in [5, 5.41) is 0. The quantitative estimate of drug-likeness (QED) is 0.670. The highest BCUT2D eigenvalue weighted by Gasteiger charge is 2.08. The zero-order valence-electron chi connectivity index (χ0n) is 11.0. The van der Waals surface area contributed by atoms with Crippen LogP contribution in [0.5, 0.6) is 0 Å². The molecular formula is C16H22. The van der Waals surface area contributed by atoms with Crippen LogP contribution in [0.25, 0.3) is 11.1 Å². The van der Waals surface area contributed by atoms with Crippen molar-refractivity contribution in [2.24, 2.45) is 0 Å². The van der Waals surface area contributed by atoms with E-state index in [-0.39, 0.29) is 0 Å². The van der Waals surface area contributed by atoms with E-state index in [1.54, 1.807) is 0 Å². The fourth-order valence-electron chi connectivity index (χ4n) is 2.07. The summed E-state index contributed by atoms with van der Waals surface area (Å²) in [6.45, 7) is 16.7. The van der Waals surface area contributed by atoms with E-state index in [0.717, 1.165) is 24.0 Å². The highest BCUT2D eigenvalue weighted by molar-refractivity contribution is 5.72. The lowest BCUT2D eigenvalue weighted by Gasteiger charge is -2.15. The van der Waals surface area contributed by atoms with Gasteiger partial charge in [0.25, 0.3) is 0 Å². The van der Waals surface area contributed by atoms with Crippen LogP contribution in [0.4, 0.5) is 0 Å². The third-order valence-electron chi connectivity index (χ3n) is 3.01. The van der Waals surface area contributed by atoms with Gasteiger partial charge in [-0.05, 0) is 48.9 Å². The van der Waals surface area contributed by atoms with Crippen molar-refractivity contribution in [2.45, 2.75) is 40.5 Å². The van der Waals surface area contributed by atoms with Crippen molar-refractivity contribution in [3.05, 3.63) is 47.5 Å². The topological polar surface area (TPSA) is 0 Å². The van der Waals surface area contributed by atoms with E-state index in [0.29, 0.717) is 0 Å². The summed E-state index contributed by atoms with van der Waals surface area (Å²) in [6.07, 6.45) is 2.10. The van der Waals surface area contributed by atoms with Crippen LogP contribution >= 0.6 is 0 Å². The SMILES string of the molecule is C=C(C)c1cc(CC)c(C(=C)C)cc1CC. The average Bonchev–Trinajstić information content (AvgIpc) is 2.26. The molecule has 16 heavy (non-hydrogen) atoms. The van der Waals surface area contributed by atoms with Gasteiger partial charge in [-0.3, -0.25) is 0 Å². The second-order valence-corrected chi connectivity index (χ2v) is 4.43. The summed E-state index contributed by atoms with van der Waals surface area (Å²) in [5.41, 5.74) is 7.68. The molecule has 0 radical (unpaired) electrons. The molecule has 0 fully saturated rings. The number of hydrogen-bond acceptors (Lipinski definition) is 0. The molecule has 0 amide bonds. The number of rotatable bonds is 4. The Balaban J connectivity index is 3.46. The van der Waals surface area contributed by atoms with Crippen molar-refractivity contribution in [2.75, 3.05) is 0 Å². The minimum absolute atomic E-state index is 1.05. The highest BCUT2D eigenvalue weighted by atomic mass is 14.1. The molecule has 0 saturated heterocycles. The normalized spacial score (nSPS) is 10.2. The summed E-state index contributed by atoms with van der Waals surface area (Å²) in [5.74, 6) is 0. The van der Waals surface area contributed by atoms with Gasteiger partial charge in [0.05, 0.1) is 0 Å². The van der Waals surface area contributed by atoms with Gasteiger partial charge in [0.1, 0.15) is 0 Å². The molecule has 0 aliphatic rings. The first-order valence-electron chi connectivity index (χ1n) is 5.98. The van der Waals surface area contributed by atoms with Gasteiger partial charge in [-0.1, -0.05) is 50.3 Å². The Morgan fingerprint density at radius 2 is 1.19 bits per heavy atom. The van der Waals surface area contributed by atoms with E-state index >= 15 is 0 Å². The molecule has 0 spiro atoms. The zero-order valence-corrected chi connectivity index (χ0v) is 11.0. The summed E-state index contributed by atoms with van der Waals surface area (Å²) < 4.78 is 0. The van der Waals surface area contributed by atoms with E-state index in [9.17, 15) is 0 Å². The van der Waals surface area contributed by atoms with Crippen LogP contribution in [-0.4, -0.2) is 0 Å². The van der Waals surface area contributed by atoms with Gasteiger partial charge in [-0.15, -0.1) is 0 Å². The Labute approximate surface area is 99.7 Å². The summed E-state index contributed by atoms with van der Waals surface area (Å²) >= 11 is 0. The molecule has 0 saturated carbocycles. The van der Waals surface area contributed by atoms with Gasteiger partial charge in [-0.2, -0.15) is 0 Å². The fraction of sp³-hybridized carbons (Fsp3) is 0.375. The first-order valence-corrected chi connectivity index (χ1v) is 5.98. The van der Waals surface area contributed by atoms with Crippen LogP contribution in [0.2, 0.25) is 0 Å². The molecule has 0 aliphatic heterocycles. The second-order valence-electron chi connectivity index (χ2n) is 4.43. The van der Waals surface area contributed by atoms with Crippen LogP contribution in [0.1, 0.15) is 49.9 Å². The first-order chi connectivity index (χ1) is 7.51. The van der Waals surface area contributed by atoms with Gasteiger partial charge >= 0.3 is 0 Å². The molecule has 1 rings (SSSR count). The van der Waals surface area contributed by atoms with Gasteiger partial charge in [0.2, 0.25) is 0 Å². The Morgan fingerprint density at radius 1 is 0.875 bits per heavy atom. The maximum atomic E-state index is 4.06. The largest absolute Gasteiger partial charge is 0.0955 e. The monoisotopic (exact) mass is 214 g/mol. The van der Waals surface area contributed by atoms with E-state index in [1.807, 2.05) is 0 Å². The molecule has 86 valence electrons. The Bertz CT molecular complexity index is 380. The molecule has 0 bridgehead atoms. The average molecular weight is 214 g/mol. The Kier molecular flexibility index (Phi) is 4.12. The lowest BCUT2D eigenvalue weighted by molar-refractivity contribution is 1.08. The van der Waals surface area contributed by atoms with Crippen LogP contribution < -0.4 is 0 Å². The molecule has 1 aromatic carbocycles. The number of allylic oxidation sites excluding steroid dienone is 2. The lowest BCUT2D eigenvalue weighted by Crippen LogP contribution is -1.97. The van der Waals surface area contributed by atoms with Crippen molar-refractivity contribution in [3.8, 4) is 0 Å². The Morgan fingerprint density at radius 3 is 1.38 bits per heavy atom. The maximum absolute atomic E-state index is 4.06. The van der Waals surface area contributed by atoms with Crippen molar-refractivity contribution in [1.82, 2.24) is 0 Å². The van der Waals surface area contributed by atoms with Gasteiger partial charge in [-0.25, -0.2) is 0 Å². The van der Waals surface area contributed by atoms with Gasteiger partial charge < -0.3 is 0 Å². The number of hydrogen-bond donors (Lipinski definition) is 0. The van der Waals surface area contributed by atoms with Crippen molar-refractivity contribution in [3.63, 3.8) is 0 Å².